The van der Waals surface area contributed by atoms with E-state index in [1.54, 1.807) is 7.05 Å². The van der Waals surface area contributed by atoms with Crippen molar-refractivity contribution < 1.29 is 9.53 Å². The topological polar surface area (TPSA) is 53.6 Å². The summed E-state index contributed by atoms with van der Waals surface area (Å²) in [6.07, 6.45) is 0.329. The Morgan fingerprint density at radius 2 is 2.00 bits per heavy atom. The van der Waals surface area contributed by atoms with E-state index in [9.17, 15) is 4.79 Å². The first-order chi connectivity index (χ1) is 9.99. The third kappa shape index (κ3) is 2.61. The number of likely N-dealkylation sites (N-methyl/N-ethyl adjacent to an activating group) is 1. The molecule has 0 spiro atoms. The van der Waals surface area contributed by atoms with Crippen molar-refractivity contribution in [3.63, 3.8) is 0 Å². The number of fused-ring (bicyclic) bond motifs is 1. The molecule has 3 unspecified atom stereocenters. The predicted octanol–water partition coefficient (Wildman–Crippen LogP) is 2.17. The Morgan fingerprint density at radius 1 is 1.33 bits per heavy atom. The van der Waals surface area contributed by atoms with Crippen molar-refractivity contribution in [2.75, 3.05) is 30.4 Å². The zero-order valence-electron chi connectivity index (χ0n) is 12.4. The number of anilines is 2. The Kier molecular flexibility index (Phi) is 3.82. The number of carbonyl (C=O) groups excluding carboxylic acids is 1. The highest BCUT2D eigenvalue weighted by molar-refractivity contribution is 6.33. The molecule has 1 aromatic rings. The highest BCUT2D eigenvalue weighted by atomic mass is 35.5. The number of nitrogens with one attached hydrogen (secondary N) is 2. The minimum absolute atomic E-state index is 0.0376. The average Bonchev–Trinajstić information content (AvgIpc) is 2.71. The van der Waals surface area contributed by atoms with E-state index in [-0.39, 0.29) is 24.2 Å². The van der Waals surface area contributed by atoms with Crippen LogP contribution in [-0.2, 0) is 9.53 Å². The van der Waals surface area contributed by atoms with Crippen LogP contribution in [0.1, 0.15) is 25.5 Å². The van der Waals surface area contributed by atoms with Gasteiger partial charge in [0.1, 0.15) is 6.04 Å². The second-order valence-corrected chi connectivity index (χ2v) is 6.17. The van der Waals surface area contributed by atoms with E-state index < -0.39 is 0 Å². The van der Waals surface area contributed by atoms with Gasteiger partial charge in [-0.25, -0.2) is 0 Å². The smallest absolute Gasteiger partial charge is 0.246 e. The summed E-state index contributed by atoms with van der Waals surface area (Å²) in [6.45, 7) is 5.71. The first-order valence-electron chi connectivity index (χ1n) is 7.21. The van der Waals surface area contributed by atoms with Crippen LogP contribution in [0.25, 0.3) is 0 Å². The van der Waals surface area contributed by atoms with Crippen molar-refractivity contribution in [2.45, 2.75) is 32.1 Å². The minimum Gasteiger partial charge on any atom is -0.372 e. The first kappa shape index (κ1) is 14.6. The Bertz CT molecular complexity index is 568. The molecule has 3 rings (SSSR count). The lowest BCUT2D eigenvalue weighted by molar-refractivity contribution is -0.117. The summed E-state index contributed by atoms with van der Waals surface area (Å²) < 4.78 is 5.76. The molecule has 3 atom stereocenters. The van der Waals surface area contributed by atoms with E-state index >= 15 is 0 Å². The van der Waals surface area contributed by atoms with Crippen molar-refractivity contribution >= 4 is 28.9 Å². The number of amides is 1. The van der Waals surface area contributed by atoms with E-state index in [0.29, 0.717) is 5.02 Å². The highest BCUT2D eigenvalue weighted by Crippen LogP contribution is 2.39. The number of hydrogen-bond donors (Lipinski definition) is 2. The maximum atomic E-state index is 11.9. The number of morpholine rings is 1. The Balaban J connectivity index is 1.95. The van der Waals surface area contributed by atoms with Crippen LogP contribution in [0.15, 0.2) is 12.1 Å². The Morgan fingerprint density at radius 3 is 2.62 bits per heavy atom. The van der Waals surface area contributed by atoms with E-state index in [2.05, 4.69) is 29.4 Å². The monoisotopic (exact) mass is 309 g/mol. The third-order valence-corrected chi connectivity index (χ3v) is 4.30. The first-order valence-corrected chi connectivity index (χ1v) is 7.59. The van der Waals surface area contributed by atoms with Crippen LogP contribution in [0.2, 0.25) is 5.02 Å². The number of benzene rings is 1. The van der Waals surface area contributed by atoms with Gasteiger partial charge < -0.3 is 20.3 Å². The fourth-order valence-electron chi connectivity index (χ4n) is 3.17. The maximum absolute atomic E-state index is 11.9. The van der Waals surface area contributed by atoms with Crippen LogP contribution in [-0.4, -0.2) is 38.3 Å². The molecule has 2 aliphatic heterocycles. The quantitative estimate of drug-likeness (QED) is 0.879. The Hall–Kier alpha value is -1.30. The van der Waals surface area contributed by atoms with E-state index in [1.165, 1.54) is 0 Å². The van der Waals surface area contributed by atoms with Crippen LogP contribution < -0.4 is 15.5 Å². The third-order valence-electron chi connectivity index (χ3n) is 4.00. The molecule has 2 aliphatic rings. The largest absolute Gasteiger partial charge is 0.372 e. The number of rotatable bonds is 2. The van der Waals surface area contributed by atoms with Crippen LogP contribution in [0, 0.1) is 0 Å². The SMILES string of the molecule is CNC1C(=O)Nc2cc(N3CC(C)OC(C)C3)c(Cl)cc21. The van der Waals surface area contributed by atoms with Gasteiger partial charge in [0, 0.05) is 24.3 Å². The summed E-state index contributed by atoms with van der Waals surface area (Å²) in [4.78, 5) is 14.1. The molecule has 5 nitrogen and oxygen atoms in total. The van der Waals surface area contributed by atoms with Gasteiger partial charge in [-0.05, 0) is 33.0 Å². The van der Waals surface area contributed by atoms with Gasteiger partial charge in [-0.2, -0.15) is 0 Å². The standard InChI is InChI=1S/C15H20ClN3O2/c1-8-6-19(7-9(2)21-8)13-5-12-10(4-11(13)16)14(17-3)15(20)18-12/h4-5,8-9,14,17H,6-7H2,1-3H3,(H,18,20). The minimum atomic E-state index is -0.325. The summed E-state index contributed by atoms with van der Waals surface area (Å²) in [7, 11) is 1.77. The second-order valence-electron chi connectivity index (χ2n) is 5.76. The van der Waals surface area contributed by atoms with Gasteiger partial charge in [-0.1, -0.05) is 11.6 Å². The van der Waals surface area contributed by atoms with Gasteiger partial charge in [-0.3, -0.25) is 4.79 Å². The van der Waals surface area contributed by atoms with E-state index in [4.69, 9.17) is 16.3 Å². The zero-order valence-corrected chi connectivity index (χ0v) is 13.2. The summed E-state index contributed by atoms with van der Waals surface area (Å²) in [5.74, 6) is -0.0376. The van der Waals surface area contributed by atoms with E-state index in [0.717, 1.165) is 30.0 Å². The normalized spacial score (nSPS) is 28.5. The predicted molar refractivity (Wildman–Crippen MR) is 84.1 cm³/mol. The van der Waals surface area contributed by atoms with Crippen molar-refractivity contribution in [1.29, 1.82) is 0 Å². The molecule has 1 aromatic carbocycles. The Labute approximate surface area is 129 Å². The zero-order chi connectivity index (χ0) is 15.1. The summed E-state index contributed by atoms with van der Waals surface area (Å²) in [5.41, 5.74) is 2.70. The number of hydrogen-bond acceptors (Lipinski definition) is 4. The molecule has 114 valence electrons. The average molecular weight is 310 g/mol. The fraction of sp³-hybridized carbons (Fsp3) is 0.533. The molecular formula is C15H20ClN3O2. The second kappa shape index (κ2) is 5.48. The van der Waals surface area contributed by atoms with Gasteiger partial charge in [0.25, 0.3) is 0 Å². The molecule has 0 aliphatic carbocycles. The molecule has 1 fully saturated rings. The lowest BCUT2D eigenvalue weighted by atomic mass is 10.1. The molecule has 2 N–H and O–H groups in total. The summed E-state index contributed by atoms with van der Waals surface area (Å²) >= 11 is 6.46. The molecule has 0 bridgehead atoms. The molecule has 1 saturated heterocycles. The number of nitrogens with zero attached hydrogens (tertiary/aromatic N) is 1. The fourth-order valence-corrected chi connectivity index (χ4v) is 3.47. The molecule has 0 saturated carbocycles. The molecule has 21 heavy (non-hydrogen) atoms. The molecule has 0 aromatic heterocycles. The molecule has 6 heteroatoms. The van der Waals surface area contributed by atoms with Gasteiger partial charge in [0.2, 0.25) is 5.91 Å². The molecular weight excluding hydrogens is 290 g/mol. The molecule has 2 heterocycles. The van der Waals surface area contributed by atoms with Crippen LogP contribution in [0.3, 0.4) is 0 Å². The van der Waals surface area contributed by atoms with Gasteiger partial charge in [-0.15, -0.1) is 0 Å². The van der Waals surface area contributed by atoms with Crippen LogP contribution >= 0.6 is 11.6 Å². The summed E-state index contributed by atoms with van der Waals surface area (Å²) in [5, 5.41) is 6.59. The molecule has 1 amide bonds. The van der Waals surface area contributed by atoms with Gasteiger partial charge >= 0.3 is 0 Å². The number of carbonyl (C=O) groups is 1. The van der Waals surface area contributed by atoms with Crippen molar-refractivity contribution in [1.82, 2.24) is 5.32 Å². The van der Waals surface area contributed by atoms with Crippen molar-refractivity contribution in [3.05, 3.63) is 22.7 Å². The van der Waals surface area contributed by atoms with Crippen molar-refractivity contribution in [3.8, 4) is 0 Å². The van der Waals surface area contributed by atoms with Crippen molar-refractivity contribution in [2.24, 2.45) is 0 Å². The lowest BCUT2D eigenvalue weighted by Gasteiger charge is -2.37. The van der Waals surface area contributed by atoms with E-state index in [1.807, 2.05) is 12.1 Å². The molecule has 0 radical (unpaired) electrons. The van der Waals surface area contributed by atoms with Crippen LogP contribution in [0.4, 0.5) is 11.4 Å². The lowest BCUT2D eigenvalue weighted by Crippen LogP contribution is -2.45. The van der Waals surface area contributed by atoms with Crippen LogP contribution in [0.5, 0.6) is 0 Å². The van der Waals surface area contributed by atoms with Gasteiger partial charge in [0.15, 0.2) is 0 Å². The number of halogens is 1. The maximum Gasteiger partial charge on any atom is 0.246 e. The number of ether oxygens (including phenoxy) is 1. The van der Waals surface area contributed by atoms with Gasteiger partial charge in [0.05, 0.1) is 22.9 Å². The highest BCUT2D eigenvalue weighted by Gasteiger charge is 2.32. The summed E-state index contributed by atoms with van der Waals surface area (Å²) in [6, 6.07) is 3.53.